The van der Waals surface area contributed by atoms with Gasteiger partial charge in [0.25, 0.3) is 0 Å². The number of carbonyl (C=O) groups is 1. The molecule has 6 heteroatoms. The molecule has 0 aliphatic carbocycles. The summed E-state index contributed by atoms with van der Waals surface area (Å²) < 4.78 is 32.4. The van der Waals surface area contributed by atoms with Crippen LogP contribution in [0.25, 0.3) is 22.3 Å². The lowest BCUT2D eigenvalue weighted by Gasteiger charge is -2.07. The summed E-state index contributed by atoms with van der Waals surface area (Å²) in [5, 5.41) is 9.04. The highest BCUT2D eigenvalue weighted by Crippen LogP contribution is 2.27. The second-order valence-corrected chi connectivity index (χ2v) is 4.56. The van der Waals surface area contributed by atoms with Crippen molar-refractivity contribution in [2.24, 2.45) is 0 Å². The molecular formula is C16H8F2O4. The number of hydrogen-bond donors (Lipinski definition) is 1. The maximum Gasteiger partial charge on any atom is 0.336 e. The van der Waals surface area contributed by atoms with Crippen LogP contribution < -0.4 is 5.43 Å². The molecule has 3 rings (SSSR count). The molecule has 0 amide bonds. The van der Waals surface area contributed by atoms with Crippen LogP contribution in [0.15, 0.2) is 51.7 Å². The topological polar surface area (TPSA) is 67.5 Å². The van der Waals surface area contributed by atoms with Gasteiger partial charge < -0.3 is 9.52 Å². The van der Waals surface area contributed by atoms with E-state index in [0.717, 1.165) is 18.2 Å². The van der Waals surface area contributed by atoms with Crippen molar-refractivity contribution in [2.45, 2.75) is 0 Å². The Kier molecular flexibility index (Phi) is 3.21. The molecule has 0 spiro atoms. The number of fused-ring (bicyclic) bond motifs is 1. The van der Waals surface area contributed by atoms with E-state index in [1.165, 1.54) is 18.2 Å². The van der Waals surface area contributed by atoms with Crippen molar-refractivity contribution >= 4 is 16.9 Å². The number of carboxylic acids is 1. The molecule has 0 aliphatic heterocycles. The predicted molar refractivity (Wildman–Crippen MR) is 74.8 cm³/mol. The zero-order valence-corrected chi connectivity index (χ0v) is 11.0. The molecule has 1 heterocycles. The van der Waals surface area contributed by atoms with E-state index in [1.54, 1.807) is 6.07 Å². The van der Waals surface area contributed by atoms with E-state index in [9.17, 15) is 18.4 Å². The summed E-state index contributed by atoms with van der Waals surface area (Å²) in [5.41, 5.74) is -1.13. The van der Waals surface area contributed by atoms with Crippen LogP contribution in [0.1, 0.15) is 10.4 Å². The van der Waals surface area contributed by atoms with Gasteiger partial charge in [0, 0.05) is 11.6 Å². The predicted octanol–water partition coefficient (Wildman–Crippen LogP) is 3.44. The maximum absolute atomic E-state index is 13.8. The fraction of sp³-hybridized carbons (Fsp3) is 0. The van der Waals surface area contributed by atoms with Crippen LogP contribution in [-0.2, 0) is 0 Å². The Hall–Kier alpha value is -3.02. The van der Waals surface area contributed by atoms with E-state index in [-0.39, 0.29) is 22.3 Å². The summed E-state index contributed by atoms with van der Waals surface area (Å²) in [4.78, 5) is 23.2. The second-order valence-electron chi connectivity index (χ2n) is 4.56. The lowest BCUT2D eigenvalue weighted by atomic mass is 10.0. The fourth-order valence-corrected chi connectivity index (χ4v) is 2.18. The van der Waals surface area contributed by atoms with Crippen molar-refractivity contribution in [2.75, 3.05) is 0 Å². The van der Waals surface area contributed by atoms with Crippen LogP contribution in [0, 0.1) is 11.6 Å². The first-order valence-corrected chi connectivity index (χ1v) is 6.23. The van der Waals surface area contributed by atoms with Gasteiger partial charge in [0.1, 0.15) is 5.76 Å². The largest absolute Gasteiger partial charge is 0.478 e. The molecule has 22 heavy (non-hydrogen) atoms. The number of hydrogen-bond acceptors (Lipinski definition) is 3. The summed E-state index contributed by atoms with van der Waals surface area (Å²) in [6, 6.07) is 8.81. The van der Waals surface area contributed by atoms with Gasteiger partial charge in [0.05, 0.1) is 10.9 Å². The van der Waals surface area contributed by atoms with Crippen molar-refractivity contribution in [1.82, 2.24) is 0 Å². The van der Waals surface area contributed by atoms with Gasteiger partial charge in [-0.2, -0.15) is 4.39 Å². The Morgan fingerprint density at radius 3 is 2.55 bits per heavy atom. The number of carboxylic acid groups (broad SMARTS) is 1. The molecule has 3 aromatic rings. The lowest BCUT2D eigenvalue weighted by molar-refractivity contribution is 0.0697. The number of rotatable bonds is 2. The van der Waals surface area contributed by atoms with Gasteiger partial charge in [0.2, 0.25) is 5.82 Å². The van der Waals surface area contributed by atoms with Crippen molar-refractivity contribution in [3.63, 3.8) is 0 Å². The Labute approximate surface area is 122 Å². The molecule has 0 radical (unpaired) electrons. The van der Waals surface area contributed by atoms with E-state index >= 15 is 0 Å². The fourth-order valence-electron chi connectivity index (χ4n) is 2.18. The normalized spacial score (nSPS) is 10.8. The third-order valence-corrected chi connectivity index (χ3v) is 3.21. The average molecular weight is 302 g/mol. The third-order valence-electron chi connectivity index (χ3n) is 3.21. The van der Waals surface area contributed by atoms with Gasteiger partial charge >= 0.3 is 5.97 Å². The molecule has 0 bridgehead atoms. The first-order valence-electron chi connectivity index (χ1n) is 6.23. The van der Waals surface area contributed by atoms with E-state index < -0.39 is 28.6 Å². The van der Waals surface area contributed by atoms with Gasteiger partial charge in [-0.25, -0.2) is 9.18 Å². The second kappa shape index (κ2) is 5.07. The van der Waals surface area contributed by atoms with Gasteiger partial charge in [-0.1, -0.05) is 18.2 Å². The molecule has 0 saturated heterocycles. The zero-order chi connectivity index (χ0) is 15.9. The molecule has 1 aromatic heterocycles. The molecule has 0 unspecified atom stereocenters. The summed E-state index contributed by atoms with van der Waals surface area (Å²) >= 11 is 0. The SMILES string of the molecule is O=C(O)c1ccccc1-c1cc(=O)c2ccc(F)c(F)c2o1. The summed E-state index contributed by atoms with van der Waals surface area (Å²) in [6.07, 6.45) is 0. The van der Waals surface area contributed by atoms with Gasteiger partial charge in [0.15, 0.2) is 16.8 Å². The Morgan fingerprint density at radius 1 is 1.09 bits per heavy atom. The summed E-state index contributed by atoms with van der Waals surface area (Å²) in [5.74, 6) is -3.80. The monoisotopic (exact) mass is 302 g/mol. The highest BCUT2D eigenvalue weighted by Gasteiger charge is 2.17. The number of halogens is 2. The smallest absolute Gasteiger partial charge is 0.336 e. The van der Waals surface area contributed by atoms with Crippen molar-refractivity contribution in [1.29, 1.82) is 0 Å². The molecule has 2 aromatic carbocycles. The van der Waals surface area contributed by atoms with Crippen molar-refractivity contribution in [3.05, 3.63) is 69.9 Å². The van der Waals surface area contributed by atoms with Gasteiger partial charge in [-0.15, -0.1) is 0 Å². The molecule has 1 N–H and O–H groups in total. The summed E-state index contributed by atoms with van der Waals surface area (Å²) in [6.45, 7) is 0. The third kappa shape index (κ3) is 2.14. The first-order chi connectivity index (χ1) is 10.5. The van der Waals surface area contributed by atoms with E-state index in [1.807, 2.05) is 0 Å². The lowest BCUT2D eigenvalue weighted by Crippen LogP contribution is -2.05. The van der Waals surface area contributed by atoms with E-state index in [0.29, 0.717) is 0 Å². The van der Waals surface area contributed by atoms with E-state index in [2.05, 4.69) is 0 Å². The quantitative estimate of drug-likeness (QED) is 0.787. The highest BCUT2D eigenvalue weighted by molar-refractivity contribution is 5.95. The zero-order valence-electron chi connectivity index (χ0n) is 11.0. The minimum atomic E-state index is -1.29. The van der Waals surface area contributed by atoms with Gasteiger partial charge in [-0.3, -0.25) is 4.79 Å². The molecule has 4 nitrogen and oxygen atoms in total. The standard InChI is InChI=1S/C16H8F2O4/c17-11-6-5-10-12(19)7-13(22-15(10)14(11)18)8-3-1-2-4-9(8)16(20)21/h1-7H,(H,20,21). The Morgan fingerprint density at radius 2 is 1.82 bits per heavy atom. The first kappa shape index (κ1) is 13.9. The summed E-state index contributed by atoms with van der Waals surface area (Å²) in [7, 11) is 0. The minimum absolute atomic E-state index is 0.109. The van der Waals surface area contributed by atoms with Crippen LogP contribution in [0.2, 0.25) is 0 Å². The molecule has 0 atom stereocenters. The number of aromatic carboxylic acids is 1. The molecule has 0 fully saturated rings. The van der Waals surface area contributed by atoms with Crippen LogP contribution in [0.3, 0.4) is 0 Å². The van der Waals surface area contributed by atoms with Crippen molar-refractivity contribution < 1.29 is 23.1 Å². The minimum Gasteiger partial charge on any atom is -0.478 e. The van der Waals surface area contributed by atoms with Crippen LogP contribution in [-0.4, -0.2) is 11.1 Å². The maximum atomic E-state index is 13.8. The van der Waals surface area contributed by atoms with Crippen LogP contribution in [0.5, 0.6) is 0 Å². The Balaban J connectivity index is 2.37. The average Bonchev–Trinajstić information content (AvgIpc) is 2.51. The highest BCUT2D eigenvalue weighted by atomic mass is 19.2. The van der Waals surface area contributed by atoms with Gasteiger partial charge in [-0.05, 0) is 18.2 Å². The van der Waals surface area contributed by atoms with E-state index in [4.69, 9.17) is 9.52 Å². The number of benzene rings is 2. The van der Waals surface area contributed by atoms with Crippen LogP contribution >= 0.6 is 0 Å². The molecule has 110 valence electrons. The van der Waals surface area contributed by atoms with Crippen molar-refractivity contribution in [3.8, 4) is 11.3 Å². The molecule has 0 saturated carbocycles. The molecular weight excluding hydrogens is 294 g/mol. The van der Waals surface area contributed by atoms with Crippen LogP contribution in [0.4, 0.5) is 8.78 Å². The molecule has 0 aliphatic rings. The Bertz CT molecular complexity index is 960.